The number of phenols is 1. The standard InChI is InChI=1S/C22H18O4/c1-24-17-8-3-14(4-9-17)21-19-12-7-16(23)13-20(19)26-22(21)15-5-10-18(25-2)11-6-15/h3-13,23H,1-2H3. The number of methoxy groups -OCH3 is 2. The highest BCUT2D eigenvalue weighted by Crippen LogP contribution is 2.42. The van der Waals surface area contributed by atoms with Crippen LogP contribution < -0.4 is 9.47 Å². The molecule has 0 spiro atoms. The van der Waals surface area contributed by atoms with E-state index in [0.29, 0.717) is 5.58 Å². The molecule has 0 amide bonds. The third-order valence-corrected chi connectivity index (χ3v) is 4.40. The Labute approximate surface area is 151 Å². The molecule has 0 radical (unpaired) electrons. The van der Waals surface area contributed by atoms with Crippen LogP contribution in [0, 0.1) is 0 Å². The average Bonchev–Trinajstić information content (AvgIpc) is 3.06. The van der Waals surface area contributed by atoms with Gasteiger partial charge in [-0.2, -0.15) is 0 Å². The summed E-state index contributed by atoms with van der Waals surface area (Å²) >= 11 is 0. The van der Waals surface area contributed by atoms with Crippen molar-refractivity contribution in [1.29, 1.82) is 0 Å². The van der Waals surface area contributed by atoms with E-state index in [0.717, 1.165) is 39.3 Å². The Hall–Kier alpha value is -3.40. The molecule has 1 heterocycles. The van der Waals surface area contributed by atoms with Gasteiger partial charge in [0.05, 0.1) is 14.2 Å². The molecule has 0 unspecified atom stereocenters. The molecule has 0 fully saturated rings. The first-order valence-electron chi connectivity index (χ1n) is 8.24. The predicted molar refractivity (Wildman–Crippen MR) is 102 cm³/mol. The molecule has 26 heavy (non-hydrogen) atoms. The number of rotatable bonds is 4. The third-order valence-electron chi connectivity index (χ3n) is 4.40. The Morgan fingerprint density at radius 1 is 0.731 bits per heavy atom. The number of furan rings is 1. The van der Waals surface area contributed by atoms with E-state index < -0.39 is 0 Å². The molecule has 0 atom stereocenters. The summed E-state index contributed by atoms with van der Waals surface area (Å²) in [5.41, 5.74) is 3.57. The lowest BCUT2D eigenvalue weighted by Crippen LogP contribution is -1.85. The smallest absolute Gasteiger partial charge is 0.143 e. The van der Waals surface area contributed by atoms with Gasteiger partial charge in [0, 0.05) is 22.6 Å². The quantitative estimate of drug-likeness (QED) is 0.531. The Bertz CT molecular complexity index is 1040. The van der Waals surface area contributed by atoms with E-state index in [-0.39, 0.29) is 5.75 Å². The Balaban J connectivity index is 1.95. The molecule has 0 aliphatic rings. The van der Waals surface area contributed by atoms with Crippen LogP contribution in [0.4, 0.5) is 0 Å². The molecule has 1 aromatic heterocycles. The van der Waals surface area contributed by atoms with Crippen molar-refractivity contribution in [3.63, 3.8) is 0 Å². The van der Waals surface area contributed by atoms with Crippen molar-refractivity contribution in [2.24, 2.45) is 0 Å². The van der Waals surface area contributed by atoms with Gasteiger partial charge in [-0.25, -0.2) is 0 Å². The largest absolute Gasteiger partial charge is 0.508 e. The van der Waals surface area contributed by atoms with Crippen LogP contribution in [0.25, 0.3) is 33.4 Å². The highest BCUT2D eigenvalue weighted by molar-refractivity contribution is 6.02. The first-order valence-corrected chi connectivity index (χ1v) is 8.24. The fraction of sp³-hybridized carbons (Fsp3) is 0.0909. The number of fused-ring (bicyclic) bond motifs is 1. The summed E-state index contributed by atoms with van der Waals surface area (Å²) in [4.78, 5) is 0. The van der Waals surface area contributed by atoms with Crippen molar-refractivity contribution in [2.75, 3.05) is 14.2 Å². The molecule has 4 aromatic rings. The molecule has 0 saturated heterocycles. The number of phenolic OH excluding ortho intramolecular Hbond substituents is 1. The van der Waals surface area contributed by atoms with Gasteiger partial charge < -0.3 is 19.0 Å². The van der Waals surface area contributed by atoms with Crippen LogP contribution >= 0.6 is 0 Å². The van der Waals surface area contributed by atoms with Crippen molar-refractivity contribution in [2.45, 2.75) is 0 Å². The first kappa shape index (κ1) is 16.1. The second-order valence-electron chi connectivity index (χ2n) is 5.94. The number of benzene rings is 3. The average molecular weight is 346 g/mol. The van der Waals surface area contributed by atoms with Crippen molar-refractivity contribution in [1.82, 2.24) is 0 Å². The maximum absolute atomic E-state index is 9.82. The zero-order valence-electron chi connectivity index (χ0n) is 14.5. The molecule has 0 aliphatic heterocycles. The SMILES string of the molecule is COc1ccc(-c2oc3cc(O)ccc3c2-c2ccc(OC)cc2)cc1. The molecule has 3 aromatic carbocycles. The van der Waals surface area contributed by atoms with Crippen molar-refractivity contribution in [3.8, 4) is 39.7 Å². The van der Waals surface area contributed by atoms with Crippen LogP contribution in [-0.4, -0.2) is 19.3 Å². The molecule has 0 bridgehead atoms. The van der Waals surface area contributed by atoms with Crippen LogP contribution in [0.2, 0.25) is 0 Å². The fourth-order valence-electron chi connectivity index (χ4n) is 3.08. The van der Waals surface area contributed by atoms with E-state index in [1.54, 1.807) is 26.4 Å². The summed E-state index contributed by atoms with van der Waals surface area (Å²) in [5, 5.41) is 10.8. The highest BCUT2D eigenvalue weighted by Gasteiger charge is 2.18. The van der Waals surface area contributed by atoms with E-state index in [1.807, 2.05) is 54.6 Å². The fourth-order valence-corrected chi connectivity index (χ4v) is 3.08. The lowest BCUT2D eigenvalue weighted by atomic mass is 9.98. The van der Waals surface area contributed by atoms with Crippen LogP contribution in [0.3, 0.4) is 0 Å². The van der Waals surface area contributed by atoms with E-state index in [2.05, 4.69) is 0 Å². The molecule has 0 saturated carbocycles. The summed E-state index contributed by atoms with van der Waals surface area (Å²) in [6.45, 7) is 0. The van der Waals surface area contributed by atoms with Gasteiger partial charge in [0.1, 0.15) is 28.6 Å². The lowest BCUT2D eigenvalue weighted by molar-refractivity contribution is 0.414. The Morgan fingerprint density at radius 3 is 1.88 bits per heavy atom. The first-order chi connectivity index (χ1) is 12.7. The van der Waals surface area contributed by atoms with Gasteiger partial charge in [-0.1, -0.05) is 12.1 Å². The molecule has 4 nitrogen and oxygen atoms in total. The lowest BCUT2D eigenvalue weighted by Gasteiger charge is -2.06. The van der Waals surface area contributed by atoms with Crippen molar-refractivity contribution >= 4 is 11.0 Å². The summed E-state index contributed by atoms with van der Waals surface area (Å²) in [7, 11) is 3.29. The predicted octanol–water partition coefficient (Wildman–Crippen LogP) is 5.49. The van der Waals surface area contributed by atoms with Crippen LogP contribution in [0.1, 0.15) is 0 Å². The summed E-state index contributed by atoms with van der Waals surface area (Å²) in [5.74, 6) is 2.51. The van der Waals surface area contributed by atoms with Gasteiger partial charge in [0.25, 0.3) is 0 Å². The van der Waals surface area contributed by atoms with Gasteiger partial charge in [-0.3, -0.25) is 0 Å². The zero-order valence-corrected chi connectivity index (χ0v) is 14.5. The molecular formula is C22H18O4. The van der Waals surface area contributed by atoms with E-state index in [1.165, 1.54) is 0 Å². The third kappa shape index (κ3) is 2.75. The highest BCUT2D eigenvalue weighted by atomic mass is 16.5. The number of ether oxygens (including phenoxy) is 2. The number of hydrogen-bond acceptors (Lipinski definition) is 4. The summed E-state index contributed by atoms with van der Waals surface area (Å²) in [6.07, 6.45) is 0. The van der Waals surface area contributed by atoms with Gasteiger partial charge >= 0.3 is 0 Å². The summed E-state index contributed by atoms with van der Waals surface area (Å²) in [6, 6.07) is 20.8. The van der Waals surface area contributed by atoms with Gasteiger partial charge in [0.15, 0.2) is 0 Å². The molecule has 0 aliphatic carbocycles. The summed E-state index contributed by atoms with van der Waals surface area (Å²) < 4.78 is 16.6. The van der Waals surface area contributed by atoms with Crippen LogP contribution in [0.15, 0.2) is 71.1 Å². The molecule has 130 valence electrons. The Kier molecular flexibility index (Phi) is 4.01. The maximum Gasteiger partial charge on any atom is 0.143 e. The van der Waals surface area contributed by atoms with Crippen molar-refractivity contribution in [3.05, 3.63) is 66.7 Å². The molecule has 4 rings (SSSR count). The minimum atomic E-state index is 0.175. The van der Waals surface area contributed by atoms with E-state index >= 15 is 0 Å². The second-order valence-corrected chi connectivity index (χ2v) is 5.94. The maximum atomic E-state index is 9.82. The molecule has 4 heteroatoms. The monoisotopic (exact) mass is 346 g/mol. The minimum Gasteiger partial charge on any atom is -0.508 e. The van der Waals surface area contributed by atoms with E-state index in [4.69, 9.17) is 13.9 Å². The van der Waals surface area contributed by atoms with Gasteiger partial charge in [-0.15, -0.1) is 0 Å². The number of aromatic hydroxyl groups is 1. The topological polar surface area (TPSA) is 51.8 Å². The van der Waals surface area contributed by atoms with Crippen LogP contribution in [-0.2, 0) is 0 Å². The second kappa shape index (κ2) is 6.48. The van der Waals surface area contributed by atoms with E-state index in [9.17, 15) is 5.11 Å². The Morgan fingerprint density at radius 2 is 1.31 bits per heavy atom. The van der Waals surface area contributed by atoms with Crippen molar-refractivity contribution < 1.29 is 19.0 Å². The van der Waals surface area contributed by atoms with Crippen LogP contribution in [0.5, 0.6) is 17.2 Å². The molecular weight excluding hydrogens is 328 g/mol. The number of hydrogen-bond donors (Lipinski definition) is 1. The zero-order chi connectivity index (χ0) is 18.1. The van der Waals surface area contributed by atoms with Gasteiger partial charge in [-0.05, 0) is 54.1 Å². The van der Waals surface area contributed by atoms with Gasteiger partial charge in [0.2, 0.25) is 0 Å². The normalized spacial score (nSPS) is 10.8. The minimum absolute atomic E-state index is 0.175. The molecule has 1 N–H and O–H groups in total.